The van der Waals surface area contributed by atoms with Crippen molar-refractivity contribution < 1.29 is 67.9 Å². The molecule has 3 fully saturated rings. The van der Waals surface area contributed by atoms with Crippen LogP contribution in [-0.4, -0.2) is 183 Å². The third-order valence-corrected chi connectivity index (χ3v) is 17.1. The number of hydrogen-bond acceptors (Lipinski definition) is 17. The lowest BCUT2D eigenvalue weighted by atomic mass is 9.80. The van der Waals surface area contributed by atoms with Crippen molar-refractivity contribution in [3.8, 4) is 10.4 Å². The number of benzene rings is 1. The van der Waals surface area contributed by atoms with E-state index in [1.807, 2.05) is 45.8 Å². The summed E-state index contributed by atoms with van der Waals surface area (Å²) >= 11 is 1.42. The molecule has 0 radical (unpaired) electrons. The quantitative estimate of drug-likeness (QED) is 0.104. The Labute approximate surface area is 435 Å². The molecule has 73 heavy (non-hydrogen) atoms. The zero-order valence-electron chi connectivity index (χ0n) is 45.2. The number of rotatable bonds is 15. The minimum atomic E-state index is -1.85. The molecule has 4 heterocycles. The van der Waals surface area contributed by atoms with Crippen molar-refractivity contribution in [2.75, 3.05) is 40.9 Å². The summed E-state index contributed by atoms with van der Waals surface area (Å²) < 4.78 is 53.7. The number of aromatic nitrogens is 1. The van der Waals surface area contributed by atoms with Gasteiger partial charge in [0.15, 0.2) is 12.6 Å². The largest absolute Gasteiger partial charge is 0.459 e. The van der Waals surface area contributed by atoms with Crippen LogP contribution in [0.25, 0.3) is 10.4 Å². The number of carbonyl (C=O) groups is 2. The van der Waals surface area contributed by atoms with Gasteiger partial charge in [0, 0.05) is 63.2 Å². The number of aliphatic hydroxyl groups excluding tert-OH is 3. The topological polar surface area (TPSA) is 222 Å². The van der Waals surface area contributed by atoms with Gasteiger partial charge in [0.1, 0.15) is 35.3 Å². The number of likely N-dealkylation sites (N-methyl/N-ethyl adjacent to an activating group) is 1. The molecule has 6 N–H and O–H groups in total. The Morgan fingerprint density at radius 3 is 2.40 bits per heavy atom. The molecule has 0 unspecified atom stereocenters. The summed E-state index contributed by atoms with van der Waals surface area (Å²) in [5, 5.41) is 60.5. The van der Waals surface area contributed by atoms with Crippen molar-refractivity contribution in [3.05, 3.63) is 52.9 Å². The van der Waals surface area contributed by atoms with Crippen LogP contribution in [0.15, 0.2) is 41.6 Å². The van der Waals surface area contributed by atoms with Gasteiger partial charge in [0.05, 0.1) is 59.0 Å². The van der Waals surface area contributed by atoms with Crippen LogP contribution >= 0.6 is 11.3 Å². The summed E-state index contributed by atoms with van der Waals surface area (Å²) in [6, 6.07) is 3.65. The number of carbonyl (C=O) groups excluding carboxylic acids is 2. The first-order chi connectivity index (χ1) is 34.2. The Morgan fingerprint density at radius 2 is 1.77 bits per heavy atom. The molecule has 1 amide bonds. The summed E-state index contributed by atoms with van der Waals surface area (Å²) in [7, 11) is 5.33. The van der Waals surface area contributed by atoms with E-state index in [1.165, 1.54) is 31.4 Å². The maximum absolute atomic E-state index is 15.2. The highest BCUT2D eigenvalue weighted by molar-refractivity contribution is 7.13. The molecule has 412 valence electrons. The summed E-state index contributed by atoms with van der Waals surface area (Å²) in [5.74, 6) is -3.33. The molecule has 2 saturated heterocycles. The van der Waals surface area contributed by atoms with E-state index in [-0.39, 0.29) is 55.8 Å². The van der Waals surface area contributed by atoms with Crippen LogP contribution in [0, 0.1) is 29.5 Å². The van der Waals surface area contributed by atoms with Crippen LogP contribution in [-0.2, 0) is 44.4 Å². The molecule has 1 aromatic heterocycles. The van der Waals surface area contributed by atoms with Crippen LogP contribution in [0.3, 0.4) is 0 Å². The molecular weight excluding hydrogens is 964 g/mol. The second kappa shape index (κ2) is 24.5. The Morgan fingerprint density at radius 1 is 1.05 bits per heavy atom. The van der Waals surface area contributed by atoms with E-state index in [0.29, 0.717) is 43.5 Å². The Bertz CT molecular complexity index is 2170. The van der Waals surface area contributed by atoms with Gasteiger partial charge < -0.3 is 64.2 Å². The van der Waals surface area contributed by atoms with E-state index >= 15 is 4.39 Å². The first-order valence-corrected chi connectivity index (χ1v) is 27.0. The van der Waals surface area contributed by atoms with Gasteiger partial charge in [0.2, 0.25) is 5.91 Å². The van der Waals surface area contributed by atoms with Crippen LogP contribution in [0.5, 0.6) is 0 Å². The second-order valence-electron chi connectivity index (χ2n) is 22.4. The van der Waals surface area contributed by atoms with Crippen molar-refractivity contribution >= 4 is 23.2 Å². The number of nitrogens with one attached hydrogen (secondary N) is 1. The predicted molar refractivity (Wildman–Crippen MR) is 274 cm³/mol. The third kappa shape index (κ3) is 14.1. The van der Waals surface area contributed by atoms with E-state index < -0.39 is 102 Å². The lowest BCUT2D eigenvalue weighted by Crippen LogP contribution is -2.59. The smallest absolute Gasteiger partial charge is 0.311 e. The van der Waals surface area contributed by atoms with Gasteiger partial charge in [-0.1, -0.05) is 37.6 Å². The maximum Gasteiger partial charge on any atom is 0.311 e. The van der Waals surface area contributed by atoms with E-state index in [1.54, 1.807) is 65.4 Å². The number of thiazole rings is 1. The lowest BCUT2D eigenvalue weighted by Gasteiger charge is -2.47. The Kier molecular flexibility index (Phi) is 19.9. The number of methoxy groups -OCH3 is 1. The van der Waals surface area contributed by atoms with Gasteiger partial charge in [-0.05, 0) is 118 Å². The molecule has 4 aliphatic rings. The molecule has 17 nitrogen and oxygen atoms in total. The maximum atomic E-state index is 15.2. The highest BCUT2D eigenvalue weighted by Crippen LogP contribution is 2.42. The molecule has 1 aromatic carbocycles. The predicted octanol–water partition coefficient (Wildman–Crippen LogP) is 4.84. The summed E-state index contributed by atoms with van der Waals surface area (Å²) in [4.78, 5) is 37.0. The minimum absolute atomic E-state index is 0.0458. The molecule has 1 saturated carbocycles. The van der Waals surface area contributed by atoms with Gasteiger partial charge in [-0.2, -0.15) is 0 Å². The number of aliphatic hydroxyl groups is 5. The number of nitrogens with zero attached hydrogens (tertiary/aromatic N) is 3. The number of ether oxygens (including phenoxy) is 6. The molecule has 2 aromatic rings. The fourth-order valence-corrected chi connectivity index (χ4v) is 12.1. The number of esters is 1. The number of halogens is 1. The van der Waals surface area contributed by atoms with Gasteiger partial charge in [-0.15, -0.1) is 11.3 Å². The molecule has 3 aliphatic heterocycles. The Hall–Kier alpha value is -3.02. The van der Waals surface area contributed by atoms with Gasteiger partial charge in [-0.25, -0.2) is 4.39 Å². The Balaban J connectivity index is 1.21. The van der Waals surface area contributed by atoms with Crippen LogP contribution in [0.2, 0.25) is 0 Å². The van der Waals surface area contributed by atoms with Crippen molar-refractivity contribution in [1.82, 2.24) is 20.1 Å². The molecule has 19 heteroatoms. The van der Waals surface area contributed by atoms with Gasteiger partial charge >= 0.3 is 5.97 Å². The zero-order valence-corrected chi connectivity index (χ0v) is 46.0. The number of cyclic esters (lactones) is 1. The standard InChI is InChI=1S/C54H85FN4O13S/c1-14-43-54(10,66)47(61)33(6)58(11)25-29(2)22-52(8,65)49(31(4)46(32(5)51(64)70-43)71-45-23-53(9,67-13)48(62)34(7)69-45)72-44-21-39(17-30(3)68-44)59(12)26-37-19-40(37)50(63)57-38(27-60)18-35-15-16-36(20-41(35)55)42-24-56-28-73-42/h15-16,20,22,24,28,30-34,37-40,43-49,60-62,65-66H,14,17-19,21,23,25-27H2,1-13H3,(H,57,63)/b29-22+/t30-,31+,32-,33-,34+,37+,38+,39+,40-,43-,44+,45+,46+,47-,48+,49-,52-,53-,54-/m1/s1. The summed E-state index contributed by atoms with van der Waals surface area (Å²) in [5.41, 5.74) is -1.06. The average molecular weight is 1050 g/mol. The molecule has 0 spiro atoms. The van der Waals surface area contributed by atoms with Crippen molar-refractivity contribution in [2.24, 2.45) is 23.7 Å². The van der Waals surface area contributed by atoms with Crippen molar-refractivity contribution in [2.45, 2.75) is 198 Å². The first-order valence-electron chi connectivity index (χ1n) is 26.1. The lowest BCUT2D eigenvalue weighted by molar-refractivity contribution is -0.306. The van der Waals surface area contributed by atoms with Crippen LogP contribution in [0.4, 0.5) is 4.39 Å². The van der Waals surface area contributed by atoms with E-state index in [9.17, 15) is 35.1 Å². The van der Waals surface area contributed by atoms with E-state index in [2.05, 4.69) is 15.2 Å². The van der Waals surface area contributed by atoms with Gasteiger partial charge in [-0.3, -0.25) is 19.5 Å². The first kappa shape index (κ1) is 59.2. The van der Waals surface area contributed by atoms with E-state index in [4.69, 9.17) is 28.4 Å². The van der Waals surface area contributed by atoms with Crippen molar-refractivity contribution in [3.63, 3.8) is 0 Å². The minimum Gasteiger partial charge on any atom is -0.459 e. The normalized spacial score (nSPS) is 40.5. The monoisotopic (exact) mass is 1050 g/mol. The summed E-state index contributed by atoms with van der Waals surface area (Å²) in [6.45, 7) is 18.0. The zero-order chi connectivity index (χ0) is 53.9. The molecule has 0 bridgehead atoms. The average Bonchev–Trinajstić information content (AvgIpc) is 3.88. The van der Waals surface area contributed by atoms with Crippen LogP contribution in [0.1, 0.15) is 107 Å². The summed E-state index contributed by atoms with van der Waals surface area (Å²) in [6.07, 6.45) is -2.71. The second-order valence-corrected chi connectivity index (χ2v) is 23.3. The fraction of sp³-hybridized carbons (Fsp3) is 0.759. The molecule has 1 aliphatic carbocycles. The highest BCUT2D eigenvalue weighted by atomic mass is 32.1. The molecule has 6 rings (SSSR count). The molecule has 19 atom stereocenters. The number of amides is 1. The third-order valence-electron chi connectivity index (χ3n) is 16.2. The van der Waals surface area contributed by atoms with E-state index in [0.717, 1.165) is 10.5 Å². The fourth-order valence-electron chi connectivity index (χ4n) is 11.4. The molecular formula is C54H85FN4O13S. The highest BCUT2D eigenvalue weighted by Gasteiger charge is 2.52. The van der Waals surface area contributed by atoms with Crippen molar-refractivity contribution in [1.29, 1.82) is 0 Å². The van der Waals surface area contributed by atoms with Crippen LogP contribution < -0.4 is 5.32 Å². The SMILES string of the molecule is CC[C@H]1OC(=O)[C@H](C)[C@@H](O[C@H]2C[C@@](C)(OC)[C@@H](O)[C@H](C)O2)[C@H](C)[C@@H](O[C@H]2C[C@@H](N(C)C[C@@H]3C[C@H]3C(=O)N[C@H](CO)Cc3ccc(-c4cncs4)cc3F)C[C@@H](C)O2)[C@](C)(O)/C=C(\C)CN(C)[C@H](C)[C@@H](O)[C@]1(C)O. The van der Waals surface area contributed by atoms with Gasteiger partial charge in [0.25, 0.3) is 0 Å². The number of hydrogen-bond donors (Lipinski definition) is 6.